The second kappa shape index (κ2) is 6.24. The highest BCUT2D eigenvalue weighted by Gasteiger charge is 2.24. The second-order valence-electron chi connectivity index (χ2n) is 4.51. The maximum absolute atomic E-state index is 5.82. The van der Waals surface area contributed by atoms with Gasteiger partial charge in [0.2, 0.25) is 0 Å². The van der Waals surface area contributed by atoms with Gasteiger partial charge in [-0.2, -0.15) is 0 Å². The van der Waals surface area contributed by atoms with Gasteiger partial charge in [0, 0.05) is 10.9 Å². The van der Waals surface area contributed by atoms with Gasteiger partial charge in [0.25, 0.3) is 0 Å². The van der Waals surface area contributed by atoms with E-state index in [1.807, 2.05) is 24.3 Å². The second-order valence-corrected chi connectivity index (χ2v) is 4.95. The Hall–Kier alpha value is -0.770. The minimum Gasteiger partial charge on any atom is -0.493 e. The van der Waals surface area contributed by atoms with Crippen LogP contribution >= 0.6 is 11.6 Å². The van der Waals surface area contributed by atoms with Crippen molar-refractivity contribution in [2.45, 2.75) is 6.42 Å². The van der Waals surface area contributed by atoms with E-state index in [1.165, 1.54) is 6.42 Å². The molecule has 0 saturated carbocycles. The van der Waals surface area contributed by atoms with E-state index in [-0.39, 0.29) is 0 Å². The Balaban J connectivity index is 1.84. The average Bonchev–Trinajstić information content (AvgIpc) is 2.86. The van der Waals surface area contributed by atoms with Crippen molar-refractivity contribution in [1.29, 1.82) is 0 Å². The molecule has 0 bridgehead atoms. The molecule has 3 N–H and O–H groups in total. The number of ether oxygens (including phenoxy) is 1. The fourth-order valence-electron chi connectivity index (χ4n) is 2.21. The molecule has 2 rings (SSSR count). The molecule has 0 aromatic heterocycles. The van der Waals surface area contributed by atoms with Crippen molar-refractivity contribution >= 4 is 11.6 Å². The van der Waals surface area contributed by atoms with Crippen LogP contribution in [-0.4, -0.2) is 26.2 Å². The number of nitrogens with two attached hydrogens (primary N) is 1. The Labute approximate surface area is 107 Å². The topological polar surface area (TPSA) is 47.3 Å². The predicted molar refractivity (Wildman–Crippen MR) is 70.5 cm³/mol. The maximum atomic E-state index is 5.82. The van der Waals surface area contributed by atoms with Gasteiger partial charge < -0.3 is 15.8 Å². The van der Waals surface area contributed by atoms with Gasteiger partial charge in [-0.15, -0.1) is 0 Å². The van der Waals surface area contributed by atoms with Crippen LogP contribution in [0.25, 0.3) is 0 Å². The molecule has 1 aliphatic rings. The van der Waals surface area contributed by atoms with Crippen molar-refractivity contribution in [3.63, 3.8) is 0 Å². The molecule has 2 unspecified atom stereocenters. The highest BCUT2D eigenvalue weighted by Crippen LogP contribution is 2.21. The van der Waals surface area contributed by atoms with Crippen LogP contribution in [0.3, 0.4) is 0 Å². The highest BCUT2D eigenvalue weighted by atomic mass is 35.5. The predicted octanol–water partition coefficient (Wildman–Crippen LogP) is 1.90. The van der Waals surface area contributed by atoms with Crippen molar-refractivity contribution in [2.75, 3.05) is 26.2 Å². The normalized spacial score (nSPS) is 21.4. The molecule has 17 heavy (non-hydrogen) atoms. The largest absolute Gasteiger partial charge is 0.493 e. The van der Waals surface area contributed by atoms with E-state index in [4.69, 9.17) is 22.1 Å². The zero-order valence-corrected chi connectivity index (χ0v) is 10.6. The lowest BCUT2D eigenvalue weighted by atomic mass is 9.92. The van der Waals surface area contributed by atoms with Crippen LogP contribution in [0.2, 0.25) is 5.02 Å². The molecule has 0 amide bonds. The van der Waals surface area contributed by atoms with Crippen molar-refractivity contribution in [3.05, 3.63) is 29.3 Å². The smallest absolute Gasteiger partial charge is 0.119 e. The first kappa shape index (κ1) is 12.7. The van der Waals surface area contributed by atoms with E-state index in [1.54, 1.807) is 0 Å². The zero-order valence-electron chi connectivity index (χ0n) is 9.86. The molecule has 4 heteroatoms. The summed E-state index contributed by atoms with van der Waals surface area (Å²) >= 11 is 5.82. The Morgan fingerprint density at radius 1 is 1.41 bits per heavy atom. The molecule has 1 aromatic carbocycles. The van der Waals surface area contributed by atoms with Crippen molar-refractivity contribution in [1.82, 2.24) is 5.32 Å². The zero-order chi connectivity index (χ0) is 12.1. The molecule has 1 saturated heterocycles. The minimum atomic E-state index is 0.431. The number of hydrogen-bond donors (Lipinski definition) is 2. The Morgan fingerprint density at radius 2 is 2.18 bits per heavy atom. The number of hydrogen-bond acceptors (Lipinski definition) is 3. The first-order chi connectivity index (χ1) is 8.29. The van der Waals surface area contributed by atoms with Crippen LogP contribution in [0, 0.1) is 11.8 Å². The summed E-state index contributed by atoms with van der Waals surface area (Å²) in [6, 6.07) is 7.46. The van der Waals surface area contributed by atoms with Crippen molar-refractivity contribution in [2.24, 2.45) is 17.6 Å². The summed E-state index contributed by atoms with van der Waals surface area (Å²) in [5.74, 6) is 1.94. The van der Waals surface area contributed by atoms with Gasteiger partial charge in [-0.05, 0) is 56.2 Å². The first-order valence-electron chi connectivity index (χ1n) is 6.08. The van der Waals surface area contributed by atoms with Gasteiger partial charge in [0.1, 0.15) is 5.75 Å². The third kappa shape index (κ3) is 3.60. The van der Waals surface area contributed by atoms with Crippen LogP contribution in [-0.2, 0) is 0 Å². The number of halogens is 1. The van der Waals surface area contributed by atoms with E-state index in [2.05, 4.69) is 5.32 Å². The lowest BCUT2D eigenvalue weighted by Crippen LogP contribution is -2.30. The SMILES string of the molecule is NCC(COc1ccc(Cl)cc1)C1CCNC1. The minimum absolute atomic E-state index is 0.431. The molecule has 1 heterocycles. The fraction of sp³-hybridized carbons (Fsp3) is 0.538. The molecular weight excluding hydrogens is 236 g/mol. The Morgan fingerprint density at radius 3 is 2.76 bits per heavy atom. The van der Waals surface area contributed by atoms with Gasteiger partial charge in [-0.3, -0.25) is 0 Å². The maximum Gasteiger partial charge on any atom is 0.119 e. The number of rotatable bonds is 5. The monoisotopic (exact) mass is 254 g/mol. The molecule has 2 atom stereocenters. The fourth-order valence-corrected chi connectivity index (χ4v) is 2.34. The number of benzene rings is 1. The summed E-state index contributed by atoms with van der Waals surface area (Å²) in [4.78, 5) is 0. The van der Waals surface area contributed by atoms with Crippen LogP contribution in [0.1, 0.15) is 6.42 Å². The van der Waals surface area contributed by atoms with E-state index >= 15 is 0 Å². The Bertz CT molecular complexity index is 336. The van der Waals surface area contributed by atoms with Crippen LogP contribution in [0.5, 0.6) is 5.75 Å². The average molecular weight is 255 g/mol. The van der Waals surface area contributed by atoms with E-state index in [0.29, 0.717) is 25.0 Å². The highest BCUT2D eigenvalue weighted by molar-refractivity contribution is 6.30. The van der Waals surface area contributed by atoms with Crippen LogP contribution in [0.15, 0.2) is 24.3 Å². The van der Waals surface area contributed by atoms with Crippen molar-refractivity contribution < 1.29 is 4.74 Å². The molecule has 94 valence electrons. The van der Waals surface area contributed by atoms with E-state index < -0.39 is 0 Å². The lowest BCUT2D eigenvalue weighted by Gasteiger charge is -2.21. The van der Waals surface area contributed by atoms with Crippen molar-refractivity contribution in [3.8, 4) is 5.75 Å². The van der Waals surface area contributed by atoms with Gasteiger partial charge in [-0.1, -0.05) is 11.6 Å². The van der Waals surface area contributed by atoms with Crippen LogP contribution < -0.4 is 15.8 Å². The molecule has 0 radical (unpaired) electrons. The van der Waals surface area contributed by atoms with Gasteiger partial charge in [0.15, 0.2) is 0 Å². The summed E-state index contributed by atoms with van der Waals surface area (Å²) in [6.45, 7) is 3.53. The molecular formula is C13H19ClN2O. The molecule has 1 aromatic rings. The Kier molecular flexibility index (Phi) is 4.66. The molecule has 3 nitrogen and oxygen atoms in total. The van der Waals surface area contributed by atoms with Gasteiger partial charge in [-0.25, -0.2) is 0 Å². The van der Waals surface area contributed by atoms with Gasteiger partial charge >= 0.3 is 0 Å². The molecule has 1 aliphatic heterocycles. The summed E-state index contributed by atoms with van der Waals surface area (Å²) in [5.41, 5.74) is 5.81. The molecule has 0 spiro atoms. The summed E-state index contributed by atoms with van der Waals surface area (Å²) in [6.07, 6.45) is 1.20. The third-order valence-electron chi connectivity index (χ3n) is 3.35. The van der Waals surface area contributed by atoms with E-state index in [0.717, 1.165) is 23.9 Å². The molecule has 0 aliphatic carbocycles. The lowest BCUT2D eigenvalue weighted by molar-refractivity contribution is 0.206. The standard InChI is InChI=1S/C13H19ClN2O/c14-12-1-3-13(4-2-12)17-9-11(7-15)10-5-6-16-8-10/h1-4,10-11,16H,5-9,15H2. The van der Waals surface area contributed by atoms with E-state index in [9.17, 15) is 0 Å². The molecule has 1 fully saturated rings. The quantitative estimate of drug-likeness (QED) is 0.844. The summed E-state index contributed by atoms with van der Waals surface area (Å²) < 4.78 is 5.76. The summed E-state index contributed by atoms with van der Waals surface area (Å²) in [5, 5.41) is 4.09. The van der Waals surface area contributed by atoms with Crippen LogP contribution in [0.4, 0.5) is 0 Å². The summed E-state index contributed by atoms with van der Waals surface area (Å²) in [7, 11) is 0. The van der Waals surface area contributed by atoms with Gasteiger partial charge in [0.05, 0.1) is 6.61 Å². The third-order valence-corrected chi connectivity index (χ3v) is 3.60. The number of nitrogens with one attached hydrogen (secondary N) is 1. The first-order valence-corrected chi connectivity index (χ1v) is 6.46.